The fourth-order valence-corrected chi connectivity index (χ4v) is 2.69. The zero-order valence-corrected chi connectivity index (χ0v) is 11.8. The largest absolute Gasteiger partial charge is 0.272 e. The highest BCUT2D eigenvalue weighted by atomic mass is 19.1. The van der Waals surface area contributed by atoms with Crippen LogP contribution in [0.1, 0.15) is 43.5 Å². The standard InChI is InChI=1S/C15H19FN2O2/c1-9(11-3-4-11)15(19)18-14(5-6-20-18)12-7-13(16)10(2)17-8-12/h7-9,11,14H,3-6H2,1-2H3/t9-,14-/m0/s1. The van der Waals surface area contributed by atoms with Crippen LogP contribution in [0.15, 0.2) is 12.3 Å². The van der Waals surface area contributed by atoms with Gasteiger partial charge in [-0.3, -0.25) is 14.6 Å². The monoisotopic (exact) mass is 278 g/mol. The minimum atomic E-state index is -0.336. The molecule has 2 atom stereocenters. The fourth-order valence-electron chi connectivity index (χ4n) is 2.69. The molecule has 0 spiro atoms. The summed E-state index contributed by atoms with van der Waals surface area (Å²) in [7, 11) is 0. The molecule has 1 saturated carbocycles. The van der Waals surface area contributed by atoms with Gasteiger partial charge in [-0.15, -0.1) is 0 Å². The summed E-state index contributed by atoms with van der Waals surface area (Å²) in [6, 6.07) is 1.25. The Hall–Kier alpha value is -1.49. The molecule has 20 heavy (non-hydrogen) atoms. The van der Waals surface area contributed by atoms with Crippen molar-refractivity contribution in [3.8, 4) is 0 Å². The van der Waals surface area contributed by atoms with Crippen molar-refractivity contribution in [2.45, 2.75) is 39.2 Å². The number of hydrogen-bond acceptors (Lipinski definition) is 3. The van der Waals surface area contributed by atoms with E-state index in [4.69, 9.17) is 4.84 Å². The Morgan fingerprint density at radius 2 is 2.25 bits per heavy atom. The lowest BCUT2D eigenvalue weighted by molar-refractivity contribution is -0.182. The topological polar surface area (TPSA) is 42.4 Å². The maximum atomic E-state index is 13.7. The Bertz CT molecular complexity index is 531. The average Bonchev–Trinajstić information content (AvgIpc) is 3.17. The van der Waals surface area contributed by atoms with E-state index in [0.717, 1.165) is 12.8 Å². The Kier molecular flexibility index (Phi) is 3.46. The number of aromatic nitrogens is 1. The molecule has 1 aromatic heterocycles. The van der Waals surface area contributed by atoms with Crippen molar-refractivity contribution >= 4 is 5.91 Å². The Morgan fingerprint density at radius 1 is 1.50 bits per heavy atom. The second-order valence-corrected chi connectivity index (χ2v) is 5.76. The van der Waals surface area contributed by atoms with Crippen molar-refractivity contribution in [2.75, 3.05) is 6.61 Å². The second-order valence-electron chi connectivity index (χ2n) is 5.76. The number of nitrogens with zero attached hydrogens (tertiary/aromatic N) is 2. The molecule has 0 radical (unpaired) electrons. The third kappa shape index (κ3) is 2.42. The van der Waals surface area contributed by atoms with Crippen LogP contribution < -0.4 is 0 Å². The van der Waals surface area contributed by atoms with E-state index >= 15 is 0 Å². The van der Waals surface area contributed by atoms with Crippen molar-refractivity contribution in [1.82, 2.24) is 10.0 Å². The molecular weight excluding hydrogens is 259 g/mol. The van der Waals surface area contributed by atoms with Gasteiger partial charge in [-0.2, -0.15) is 0 Å². The first-order chi connectivity index (χ1) is 9.58. The number of amides is 1. The SMILES string of the molecule is Cc1ncc([C@@H]2CCON2C(=O)[C@@H](C)C2CC2)cc1F. The van der Waals surface area contributed by atoms with E-state index in [1.54, 1.807) is 13.1 Å². The summed E-state index contributed by atoms with van der Waals surface area (Å²) in [5.41, 5.74) is 1.08. The van der Waals surface area contributed by atoms with Crippen molar-refractivity contribution in [3.63, 3.8) is 0 Å². The van der Waals surface area contributed by atoms with Gasteiger partial charge in [-0.05, 0) is 37.3 Å². The molecule has 5 heteroatoms. The highest BCUT2D eigenvalue weighted by Gasteiger charge is 2.40. The molecule has 1 saturated heterocycles. The first-order valence-electron chi connectivity index (χ1n) is 7.16. The minimum Gasteiger partial charge on any atom is -0.272 e. The molecular formula is C15H19FN2O2. The lowest BCUT2D eigenvalue weighted by Gasteiger charge is -2.25. The van der Waals surface area contributed by atoms with Gasteiger partial charge in [0.15, 0.2) is 0 Å². The normalized spacial score (nSPS) is 23.9. The summed E-state index contributed by atoms with van der Waals surface area (Å²) in [5.74, 6) is 0.145. The quantitative estimate of drug-likeness (QED) is 0.853. The number of pyridine rings is 1. The zero-order chi connectivity index (χ0) is 14.3. The van der Waals surface area contributed by atoms with Crippen molar-refractivity contribution in [1.29, 1.82) is 0 Å². The van der Waals surface area contributed by atoms with Crippen molar-refractivity contribution < 1.29 is 14.0 Å². The lowest BCUT2D eigenvalue weighted by atomic mass is 10.0. The number of hydrogen-bond donors (Lipinski definition) is 0. The van der Waals surface area contributed by atoms with Crippen LogP contribution in [0.4, 0.5) is 4.39 Å². The number of carbonyl (C=O) groups excluding carboxylic acids is 1. The molecule has 0 unspecified atom stereocenters. The molecule has 1 aliphatic carbocycles. The van der Waals surface area contributed by atoms with E-state index in [2.05, 4.69) is 4.98 Å². The molecule has 2 fully saturated rings. The van der Waals surface area contributed by atoms with Crippen LogP contribution in [0.5, 0.6) is 0 Å². The van der Waals surface area contributed by atoms with E-state index in [0.29, 0.717) is 30.2 Å². The average molecular weight is 278 g/mol. The first kappa shape index (κ1) is 13.5. The molecule has 0 aromatic carbocycles. The van der Waals surface area contributed by atoms with Gasteiger partial charge >= 0.3 is 0 Å². The third-order valence-corrected chi connectivity index (χ3v) is 4.27. The van der Waals surface area contributed by atoms with Gasteiger partial charge in [0.1, 0.15) is 5.82 Å². The maximum Gasteiger partial charge on any atom is 0.249 e. The van der Waals surface area contributed by atoms with E-state index in [1.165, 1.54) is 11.1 Å². The number of carbonyl (C=O) groups is 1. The number of aryl methyl sites for hydroxylation is 1. The van der Waals surface area contributed by atoms with E-state index in [1.807, 2.05) is 6.92 Å². The van der Waals surface area contributed by atoms with Gasteiger partial charge in [0.25, 0.3) is 0 Å². The molecule has 0 N–H and O–H groups in total. The molecule has 4 nitrogen and oxygen atoms in total. The van der Waals surface area contributed by atoms with Crippen molar-refractivity contribution in [2.24, 2.45) is 11.8 Å². The maximum absolute atomic E-state index is 13.7. The summed E-state index contributed by atoms with van der Waals surface area (Å²) in [4.78, 5) is 22.0. The predicted octanol–water partition coefficient (Wildman–Crippen LogP) is 2.78. The van der Waals surface area contributed by atoms with Crippen LogP contribution in [-0.2, 0) is 9.63 Å². The molecule has 1 amide bonds. The van der Waals surface area contributed by atoms with Crippen LogP contribution >= 0.6 is 0 Å². The first-order valence-corrected chi connectivity index (χ1v) is 7.16. The van der Waals surface area contributed by atoms with Crippen LogP contribution in [0.2, 0.25) is 0 Å². The van der Waals surface area contributed by atoms with Gasteiger partial charge in [0.05, 0.1) is 18.3 Å². The van der Waals surface area contributed by atoms with Crippen LogP contribution in [-0.4, -0.2) is 22.6 Å². The summed E-state index contributed by atoms with van der Waals surface area (Å²) in [5, 5.41) is 1.44. The highest BCUT2D eigenvalue weighted by molar-refractivity contribution is 5.78. The van der Waals surface area contributed by atoms with Crippen LogP contribution in [0, 0.1) is 24.6 Å². The van der Waals surface area contributed by atoms with E-state index < -0.39 is 0 Å². The molecule has 3 rings (SSSR count). The molecule has 1 aliphatic heterocycles. The molecule has 2 heterocycles. The Balaban J connectivity index is 1.80. The molecule has 108 valence electrons. The van der Waals surface area contributed by atoms with E-state index in [-0.39, 0.29) is 23.7 Å². The second kappa shape index (κ2) is 5.13. The minimum absolute atomic E-state index is 0.0102. The van der Waals surface area contributed by atoms with Gasteiger partial charge in [0, 0.05) is 18.5 Å². The van der Waals surface area contributed by atoms with Gasteiger partial charge in [-0.1, -0.05) is 6.92 Å². The van der Waals surface area contributed by atoms with Crippen molar-refractivity contribution in [3.05, 3.63) is 29.3 Å². The Labute approximate surface area is 117 Å². The number of halogens is 1. The summed E-state index contributed by atoms with van der Waals surface area (Å²) < 4.78 is 13.7. The Morgan fingerprint density at radius 3 is 2.90 bits per heavy atom. The predicted molar refractivity (Wildman–Crippen MR) is 71.0 cm³/mol. The number of hydroxylamine groups is 2. The van der Waals surface area contributed by atoms with Gasteiger partial charge < -0.3 is 0 Å². The zero-order valence-electron chi connectivity index (χ0n) is 11.8. The summed E-state index contributed by atoms with van der Waals surface area (Å²) in [6.45, 7) is 4.07. The summed E-state index contributed by atoms with van der Waals surface area (Å²) >= 11 is 0. The molecule has 0 bridgehead atoms. The molecule has 2 aliphatic rings. The third-order valence-electron chi connectivity index (χ3n) is 4.27. The fraction of sp³-hybridized carbons (Fsp3) is 0.600. The summed E-state index contributed by atoms with van der Waals surface area (Å²) in [6.07, 6.45) is 4.56. The van der Waals surface area contributed by atoms with Gasteiger partial charge in [-0.25, -0.2) is 9.45 Å². The van der Waals surface area contributed by atoms with Gasteiger partial charge in [0.2, 0.25) is 5.91 Å². The highest BCUT2D eigenvalue weighted by Crippen LogP contribution is 2.40. The number of rotatable bonds is 3. The van der Waals surface area contributed by atoms with Crippen LogP contribution in [0.25, 0.3) is 0 Å². The molecule has 1 aromatic rings. The lowest BCUT2D eigenvalue weighted by Crippen LogP contribution is -2.34. The smallest absolute Gasteiger partial charge is 0.249 e. The van der Waals surface area contributed by atoms with E-state index in [9.17, 15) is 9.18 Å². The van der Waals surface area contributed by atoms with Crippen LogP contribution in [0.3, 0.4) is 0 Å².